The Bertz CT molecular complexity index is 761. The zero-order valence-electron chi connectivity index (χ0n) is 15.9. The molecule has 1 amide bonds. The second kappa shape index (κ2) is 7.91. The van der Waals surface area contributed by atoms with Crippen molar-refractivity contribution in [1.82, 2.24) is 0 Å². The van der Waals surface area contributed by atoms with Gasteiger partial charge in [0, 0.05) is 49.2 Å². The lowest BCUT2D eigenvalue weighted by Crippen LogP contribution is -2.46. The van der Waals surface area contributed by atoms with Crippen LogP contribution in [0, 0.1) is 5.92 Å². The number of amides is 1. The number of piperazine rings is 1. The topological polar surface area (TPSA) is 44.8 Å². The van der Waals surface area contributed by atoms with Crippen molar-refractivity contribution < 1.29 is 9.53 Å². The molecule has 0 aromatic heterocycles. The molecule has 0 spiro atoms. The van der Waals surface area contributed by atoms with E-state index in [1.54, 1.807) is 7.11 Å². The lowest BCUT2D eigenvalue weighted by Gasteiger charge is -2.37. The summed E-state index contributed by atoms with van der Waals surface area (Å²) in [6.45, 7) is 3.96. The van der Waals surface area contributed by atoms with Crippen LogP contribution in [0.3, 0.4) is 0 Å². The second-order valence-corrected chi connectivity index (χ2v) is 7.34. The molecule has 2 fully saturated rings. The zero-order chi connectivity index (χ0) is 18.6. The number of rotatable bonds is 5. The van der Waals surface area contributed by atoms with Crippen LogP contribution in [-0.2, 0) is 4.79 Å². The van der Waals surface area contributed by atoms with Gasteiger partial charge in [-0.3, -0.25) is 4.79 Å². The van der Waals surface area contributed by atoms with E-state index in [0.29, 0.717) is 0 Å². The maximum absolute atomic E-state index is 12.1. The van der Waals surface area contributed by atoms with Crippen LogP contribution in [0.15, 0.2) is 48.5 Å². The number of benzene rings is 2. The summed E-state index contributed by atoms with van der Waals surface area (Å²) in [7, 11) is 1.69. The summed E-state index contributed by atoms with van der Waals surface area (Å²) in [5.41, 5.74) is 3.35. The van der Waals surface area contributed by atoms with Crippen molar-refractivity contribution >= 4 is 23.0 Å². The third-order valence-corrected chi connectivity index (χ3v) is 5.69. The molecule has 27 heavy (non-hydrogen) atoms. The summed E-state index contributed by atoms with van der Waals surface area (Å²) < 4.78 is 5.23. The van der Waals surface area contributed by atoms with Crippen LogP contribution in [0.5, 0.6) is 5.75 Å². The van der Waals surface area contributed by atoms with Crippen LogP contribution in [0.4, 0.5) is 17.1 Å². The van der Waals surface area contributed by atoms with Gasteiger partial charge in [0.15, 0.2) is 0 Å². The van der Waals surface area contributed by atoms with Gasteiger partial charge in [-0.05, 0) is 61.4 Å². The first kappa shape index (κ1) is 17.7. The van der Waals surface area contributed by atoms with Crippen LogP contribution in [0.2, 0.25) is 0 Å². The van der Waals surface area contributed by atoms with Crippen molar-refractivity contribution in [1.29, 1.82) is 0 Å². The van der Waals surface area contributed by atoms with Crippen LogP contribution in [0.1, 0.15) is 19.3 Å². The minimum absolute atomic E-state index is 0.169. The zero-order valence-corrected chi connectivity index (χ0v) is 15.9. The lowest BCUT2D eigenvalue weighted by atomic mass is 9.85. The molecule has 2 aliphatic rings. The maximum Gasteiger partial charge on any atom is 0.227 e. The standard InChI is InChI=1S/C22H27N3O2/c1-27-21-11-9-20(10-12-21)25-15-13-24(14-16-25)19-7-5-18(6-8-19)23-22(26)17-3-2-4-17/h5-12,17H,2-4,13-16H2,1H3,(H,23,26). The number of carbonyl (C=O) groups excluding carboxylic acids is 1. The predicted octanol–water partition coefficient (Wildman–Crippen LogP) is 3.76. The summed E-state index contributed by atoms with van der Waals surface area (Å²) in [5.74, 6) is 1.28. The molecule has 142 valence electrons. The number of nitrogens with one attached hydrogen (secondary N) is 1. The van der Waals surface area contributed by atoms with E-state index in [4.69, 9.17) is 4.74 Å². The van der Waals surface area contributed by atoms with Crippen LogP contribution in [0.25, 0.3) is 0 Å². The molecule has 1 aliphatic carbocycles. The number of methoxy groups -OCH3 is 1. The smallest absolute Gasteiger partial charge is 0.227 e. The molecule has 1 N–H and O–H groups in total. The summed E-state index contributed by atoms with van der Waals surface area (Å²) in [5, 5.41) is 3.04. The Morgan fingerprint density at radius 1 is 0.889 bits per heavy atom. The van der Waals surface area contributed by atoms with E-state index in [-0.39, 0.29) is 11.8 Å². The predicted molar refractivity (Wildman–Crippen MR) is 110 cm³/mol. The SMILES string of the molecule is COc1ccc(N2CCN(c3ccc(NC(=O)C4CCC4)cc3)CC2)cc1. The maximum atomic E-state index is 12.1. The number of hydrogen-bond donors (Lipinski definition) is 1. The van der Waals surface area contributed by atoms with Crippen LogP contribution >= 0.6 is 0 Å². The Balaban J connectivity index is 1.31. The Labute approximate surface area is 160 Å². The molecule has 0 atom stereocenters. The Morgan fingerprint density at radius 3 is 1.85 bits per heavy atom. The average molecular weight is 365 g/mol. The van der Waals surface area contributed by atoms with Gasteiger partial charge in [0.25, 0.3) is 0 Å². The molecule has 2 aromatic rings. The highest BCUT2D eigenvalue weighted by atomic mass is 16.5. The van der Waals surface area contributed by atoms with Crippen molar-refractivity contribution in [2.24, 2.45) is 5.92 Å². The largest absolute Gasteiger partial charge is 0.497 e. The first-order valence-corrected chi connectivity index (χ1v) is 9.78. The van der Waals surface area contributed by atoms with Gasteiger partial charge in [-0.25, -0.2) is 0 Å². The van der Waals surface area contributed by atoms with Crippen molar-refractivity contribution in [3.8, 4) is 5.75 Å². The van der Waals surface area contributed by atoms with E-state index in [1.165, 1.54) is 17.8 Å². The second-order valence-electron chi connectivity index (χ2n) is 7.34. The highest BCUT2D eigenvalue weighted by molar-refractivity contribution is 5.93. The van der Waals surface area contributed by atoms with Gasteiger partial charge in [-0.1, -0.05) is 6.42 Å². The van der Waals surface area contributed by atoms with Gasteiger partial charge >= 0.3 is 0 Å². The van der Waals surface area contributed by atoms with Crippen LogP contribution in [-0.4, -0.2) is 39.2 Å². The lowest BCUT2D eigenvalue weighted by molar-refractivity contribution is -0.122. The third kappa shape index (κ3) is 4.02. The van der Waals surface area contributed by atoms with E-state index < -0.39 is 0 Å². The number of ether oxygens (including phenoxy) is 1. The van der Waals surface area contributed by atoms with Gasteiger partial charge in [0.1, 0.15) is 5.75 Å². The molecule has 1 saturated carbocycles. The van der Waals surface area contributed by atoms with E-state index in [2.05, 4.69) is 39.4 Å². The van der Waals surface area contributed by atoms with Crippen molar-refractivity contribution in [2.75, 3.05) is 48.4 Å². The summed E-state index contributed by atoms with van der Waals surface area (Å²) in [6, 6.07) is 16.5. The Morgan fingerprint density at radius 2 is 1.41 bits per heavy atom. The highest BCUT2D eigenvalue weighted by Crippen LogP contribution is 2.28. The van der Waals surface area contributed by atoms with Gasteiger partial charge in [-0.15, -0.1) is 0 Å². The van der Waals surface area contributed by atoms with Crippen LogP contribution < -0.4 is 19.9 Å². The normalized spacial score (nSPS) is 17.4. The number of anilines is 3. The molecular weight excluding hydrogens is 338 g/mol. The first-order chi connectivity index (χ1) is 13.2. The molecule has 0 radical (unpaired) electrons. The molecule has 1 heterocycles. The van der Waals surface area contributed by atoms with Gasteiger partial charge in [0.2, 0.25) is 5.91 Å². The fourth-order valence-corrected chi connectivity index (χ4v) is 3.69. The van der Waals surface area contributed by atoms with Crippen molar-refractivity contribution in [3.05, 3.63) is 48.5 Å². The fraction of sp³-hybridized carbons (Fsp3) is 0.409. The Kier molecular flexibility index (Phi) is 5.19. The number of hydrogen-bond acceptors (Lipinski definition) is 4. The van der Waals surface area contributed by atoms with Gasteiger partial charge in [-0.2, -0.15) is 0 Å². The fourth-order valence-electron chi connectivity index (χ4n) is 3.69. The minimum Gasteiger partial charge on any atom is -0.497 e. The molecular formula is C22H27N3O2. The summed E-state index contributed by atoms with van der Waals surface area (Å²) >= 11 is 0. The quantitative estimate of drug-likeness (QED) is 0.876. The minimum atomic E-state index is 0.169. The number of carbonyl (C=O) groups is 1. The van der Waals surface area contributed by atoms with Gasteiger partial charge < -0.3 is 19.9 Å². The number of nitrogens with zero attached hydrogens (tertiary/aromatic N) is 2. The van der Waals surface area contributed by atoms with Crippen molar-refractivity contribution in [2.45, 2.75) is 19.3 Å². The molecule has 5 nitrogen and oxygen atoms in total. The first-order valence-electron chi connectivity index (χ1n) is 9.78. The van der Waals surface area contributed by atoms with E-state index in [0.717, 1.165) is 50.5 Å². The monoisotopic (exact) mass is 365 g/mol. The Hall–Kier alpha value is -2.69. The molecule has 4 rings (SSSR count). The molecule has 0 bridgehead atoms. The average Bonchev–Trinajstić information content (AvgIpc) is 2.67. The van der Waals surface area contributed by atoms with Crippen molar-refractivity contribution in [3.63, 3.8) is 0 Å². The van der Waals surface area contributed by atoms with E-state index in [1.807, 2.05) is 24.3 Å². The van der Waals surface area contributed by atoms with E-state index in [9.17, 15) is 4.79 Å². The van der Waals surface area contributed by atoms with E-state index >= 15 is 0 Å². The summed E-state index contributed by atoms with van der Waals surface area (Å²) in [4.78, 5) is 16.9. The van der Waals surface area contributed by atoms with Gasteiger partial charge in [0.05, 0.1) is 7.11 Å². The molecule has 2 aromatic carbocycles. The molecule has 0 unspecified atom stereocenters. The molecule has 5 heteroatoms. The molecule has 1 saturated heterocycles. The molecule has 1 aliphatic heterocycles. The highest BCUT2D eigenvalue weighted by Gasteiger charge is 2.25. The summed E-state index contributed by atoms with van der Waals surface area (Å²) in [6.07, 6.45) is 3.24. The third-order valence-electron chi connectivity index (χ3n) is 5.69.